The molecule has 0 saturated carbocycles. The van der Waals surface area contributed by atoms with Crippen molar-refractivity contribution in [2.24, 2.45) is 11.1 Å². The highest BCUT2D eigenvalue weighted by atomic mass is 32.2. The highest BCUT2D eigenvalue weighted by Crippen LogP contribution is 2.49. The first-order chi connectivity index (χ1) is 12.9. The molecule has 0 radical (unpaired) electrons. The summed E-state index contributed by atoms with van der Waals surface area (Å²) in [4.78, 5) is 4.39. The molecule has 3 N–H and O–H groups in total. The number of aryl methyl sites for hydroxylation is 1. The molecule has 1 aromatic heterocycles. The van der Waals surface area contributed by atoms with E-state index in [0.29, 0.717) is 6.42 Å². The second-order valence-electron chi connectivity index (χ2n) is 7.27. The number of aromatic nitrogens is 2. The van der Waals surface area contributed by atoms with Gasteiger partial charge >= 0.3 is 0 Å². The topological polar surface area (TPSA) is 98.2 Å². The van der Waals surface area contributed by atoms with Gasteiger partial charge in [0, 0.05) is 11.5 Å². The van der Waals surface area contributed by atoms with Crippen LogP contribution < -0.4 is 5.14 Å². The maximum atomic E-state index is 11.6. The Morgan fingerprint density at radius 2 is 1.96 bits per heavy atom. The summed E-state index contributed by atoms with van der Waals surface area (Å²) >= 11 is 0. The highest BCUT2D eigenvalue weighted by molar-refractivity contribution is 7.89. The molecule has 0 saturated heterocycles. The van der Waals surface area contributed by atoms with Gasteiger partial charge in [-0.1, -0.05) is 30.3 Å². The number of sulfonamides is 1. The molecule has 0 bridgehead atoms. The summed E-state index contributed by atoms with van der Waals surface area (Å²) in [6.07, 6.45) is 4.45. The van der Waals surface area contributed by atoms with Gasteiger partial charge in [-0.25, -0.2) is 18.5 Å². The number of primary sulfonamides is 1. The van der Waals surface area contributed by atoms with Crippen LogP contribution in [0.3, 0.4) is 0 Å². The summed E-state index contributed by atoms with van der Waals surface area (Å²) in [5, 5.41) is 16.4. The maximum absolute atomic E-state index is 11.6. The molecule has 0 fully saturated rings. The molecule has 0 unspecified atom stereocenters. The lowest BCUT2D eigenvalue weighted by molar-refractivity contribution is 0.0719. The van der Waals surface area contributed by atoms with Crippen molar-refractivity contribution in [2.45, 2.75) is 29.9 Å². The zero-order valence-corrected chi connectivity index (χ0v) is 15.3. The molecule has 0 amide bonds. The van der Waals surface area contributed by atoms with Crippen molar-refractivity contribution in [3.63, 3.8) is 0 Å². The fraction of sp³-hybridized carbons (Fsp3) is 0.250. The van der Waals surface area contributed by atoms with E-state index in [1.807, 2.05) is 24.7 Å². The lowest BCUT2D eigenvalue weighted by atomic mass is 9.76. The van der Waals surface area contributed by atoms with E-state index in [2.05, 4.69) is 21.7 Å². The summed E-state index contributed by atoms with van der Waals surface area (Å²) in [5.41, 5.74) is 5.05. The second-order valence-corrected chi connectivity index (χ2v) is 8.83. The average Bonchev–Trinajstić information content (AvgIpc) is 3.22. The van der Waals surface area contributed by atoms with Crippen LogP contribution in [0.15, 0.2) is 59.9 Å². The zero-order valence-electron chi connectivity index (χ0n) is 14.5. The van der Waals surface area contributed by atoms with Crippen molar-refractivity contribution in [3.05, 3.63) is 71.7 Å². The molecule has 2 heterocycles. The van der Waals surface area contributed by atoms with Crippen LogP contribution in [0.2, 0.25) is 0 Å². The number of benzene rings is 2. The zero-order chi connectivity index (χ0) is 18.8. The minimum Gasteiger partial charge on any atom is -0.388 e. The van der Waals surface area contributed by atoms with E-state index in [1.54, 1.807) is 12.1 Å². The van der Waals surface area contributed by atoms with Crippen molar-refractivity contribution in [1.29, 1.82) is 0 Å². The number of nitrogens with zero attached hydrogens (tertiary/aromatic N) is 2. The lowest BCUT2D eigenvalue weighted by Gasteiger charge is -2.35. The maximum Gasteiger partial charge on any atom is 0.238 e. The van der Waals surface area contributed by atoms with E-state index < -0.39 is 16.1 Å². The van der Waals surface area contributed by atoms with Crippen LogP contribution in [0.4, 0.5) is 0 Å². The fourth-order valence-electron chi connectivity index (χ4n) is 4.62. The third-order valence-electron chi connectivity index (χ3n) is 5.84. The van der Waals surface area contributed by atoms with Crippen molar-refractivity contribution >= 4 is 10.0 Å². The first-order valence-electron chi connectivity index (χ1n) is 8.90. The number of aliphatic hydroxyl groups excluding tert-OH is 1. The van der Waals surface area contributed by atoms with Gasteiger partial charge in [-0.3, -0.25) is 0 Å². The van der Waals surface area contributed by atoms with Crippen molar-refractivity contribution in [1.82, 2.24) is 9.55 Å². The predicted molar refractivity (Wildman–Crippen MR) is 100 cm³/mol. The third kappa shape index (κ3) is 2.46. The van der Waals surface area contributed by atoms with Crippen LogP contribution in [0.5, 0.6) is 0 Å². The standard InChI is InChI=1S/C20H19N3O3S/c21-27(25,26)13-6-8-14-12(9-13)5-7-17(20(14)24)19-16-4-2-1-3-15(16)18-10-22-11-23(18)19/h1-4,6,8-11,17,19-20,24H,5,7H2,(H2,21,25,26)/t17-,19-,20-/m0/s1. The predicted octanol–water partition coefficient (Wildman–Crippen LogP) is 2.40. The minimum absolute atomic E-state index is 0.0137. The molecule has 3 atom stereocenters. The van der Waals surface area contributed by atoms with E-state index in [-0.39, 0.29) is 16.9 Å². The number of rotatable bonds is 2. The van der Waals surface area contributed by atoms with Gasteiger partial charge in [0.1, 0.15) is 0 Å². The number of hydrogen-bond acceptors (Lipinski definition) is 4. The molecule has 1 aliphatic carbocycles. The molecular formula is C20H19N3O3S. The molecule has 5 rings (SSSR count). The molecule has 0 spiro atoms. The van der Waals surface area contributed by atoms with Crippen LogP contribution >= 0.6 is 0 Å². The molecule has 6 nitrogen and oxygen atoms in total. The van der Waals surface area contributed by atoms with Gasteiger partial charge in [-0.2, -0.15) is 0 Å². The molecule has 2 aliphatic rings. The first-order valence-corrected chi connectivity index (χ1v) is 10.4. The monoisotopic (exact) mass is 381 g/mol. The third-order valence-corrected chi connectivity index (χ3v) is 6.75. The summed E-state index contributed by atoms with van der Waals surface area (Å²) in [7, 11) is -3.75. The Morgan fingerprint density at radius 3 is 2.78 bits per heavy atom. The molecule has 1 aliphatic heterocycles. The lowest BCUT2D eigenvalue weighted by Crippen LogP contribution is -2.29. The first kappa shape index (κ1) is 16.7. The Kier molecular flexibility index (Phi) is 3.56. The Hall–Kier alpha value is -2.48. The molecule has 138 valence electrons. The van der Waals surface area contributed by atoms with E-state index in [0.717, 1.165) is 28.8 Å². The Bertz CT molecular complexity index is 1150. The highest BCUT2D eigenvalue weighted by Gasteiger charge is 2.40. The quantitative estimate of drug-likeness (QED) is 0.712. The number of nitrogens with two attached hydrogens (primary N) is 1. The van der Waals surface area contributed by atoms with Crippen LogP contribution in [0, 0.1) is 5.92 Å². The van der Waals surface area contributed by atoms with Crippen LogP contribution in [-0.2, 0) is 16.4 Å². The summed E-state index contributed by atoms with van der Waals surface area (Å²) in [5.74, 6) is -0.0190. The summed E-state index contributed by atoms with van der Waals surface area (Å²) in [6.45, 7) is 0. The smallest absolute Gasteiger partial charge is 0.238 e. The van der Waals surface area contributed by atoms with Gasteiger partial charge in [-0.15, -0.1) is 0 Å². The van der Waals surface area contributed by atoms with E-state index in [1.165, 1.54) is 11.6 Å². The Balaban J connectivity index is 1.57. The molecule has 2 aromatic carbocycles. The number of hydrogen-bond donors (Lipinski definition) is 2. The molecule has 27 heavy (non-hydrogen) atoms. The van der Waals surface area contributed by atoms with E-state index >= 15 is 0 Å². The van der Waals surface area contributed by atoms with Gasteiger partial charge in [0.25, 0.3) is 0 Å². The average molecular weight is 381 g/mol. The SMILES string of the molecule is NS(=O)(=O)c1ccc2c(c1)CC[C@@H]([C@@H]1c3ccccc3-c3cncn31)[C@H]2O. The molecule has 3 aromatic rings. The van der Waals surface area contributed by atoms with Crippen LogP contribution in [-0.4, -0.2) is 23.1 Å². The molecule has 7 heteroatoms. The second kappa shape index (κ2) is 5.76. The van der Waals surface area contributed by atoms with Crippen molar-refractivity contribution in [2.75, 3.05) is 0 Å². The van der Waals surface area contributed by atoms with Gasteiger partial charge < -0.3 is 9.67 Å². The van der Waals surface area contributed by atoms with E-state index in [4.69, 9.17) is 5.14 Å². The fourth-order valence-corrected chi connectivity index (χ4v) is 5.18. The Labute approximate surface area is 157 Å². The van der Waals surface area contributed by atoms with Crippen molar-refractivity contribution < 1.29 is 13.5 Å². The summed E-state index contributed by atoms with van der Waals surface area (Å²) in [6, 6.07) is 13.0. The van der Waals surface area contributed by atoms with Gasteiger partial charge in [-0.05, 0) is 41.7 Å². The molecular weight excluding hydrogens is 362 g/mol. The van der Waals surface area contributed by atoms with E-state index in [9.17, 15) is 13.5 Å². The normalized spacial score (nSPS) is 23.6. The van der Waals surface area contributed by atoms with Gasteiger partial charge in [0.05, 0.1) is 35.3 Å². The minimum atomic E-state index is -3.75. The number of fused-ring (bicyclic) bond motifs is 4. The Morgan fingerprint density at radius 1 is 1.15 bits per heavy atom. The van der Waals surface area contributed by atoms with Crippen LogP contribution in [0.25, 0.3) is 11.3 Å². The van der Waals surface area contributed by atoms with Gasteiger partial charge in [0.2, 0.25) is 10.0 Å². The van der Waals surface area contributed by atoms with Crippen molar-refractivity contribution in [3.8, 4) is 11.3 Å². The number of imidazole rings is 1. The van der Waals surface area contributed by atoms with Crippen LogP contribution in [0.1, 0.15) is 35.3 Å². The largest absolute Gasteiger partial charge is 0.388 e. The number of aliphatic hydroxyl groups is 1. The summed E-state index contributed by atoms with van der Waals surface area (Å²) < 4.78 is 25.4. The van der Waals surface area contributed by atoms with Gasteiger partial charge in [0.15, 0.2) is 0 Å².